The molecule has 0 aromatic carbocycles. The lowest BCUT2D eigenvalue weighted by Gasteiger charge is -2.64. The number of aliphatic hydroxyl groups is 1. The van der Waals surface area contributed by atoms with Gasteiger partial charge in [0.05, 0.1) is 37.6 Å². The van der Waals surface area contributed by atoms with Gasteiger partial charge in [-0.15, -0.1) is 0 Å². The average Bonchev–Trinajstić information content (AvgIpc) is 3.68. The van der Waals surface area contributed by atoms with Crippen molar-refractivity contribution in [1.29, 1.82) is 0 Å². The highest BCUT2D eigenvalue weighted by Crippen LogP contribution is 2.89. The zero-order valence-corrected chi connectivity index (χ0v) is 33.8. The first-order valence-corrected chi connectivity index (χ1v) is 21.3. The summed E-state index contributed by atoms with van der Waals surface area (Å²) in [4.78, 5) is 29.6. The second-order valence-electron chi connectivity index (χ2n) is 20.9. The molecule has 3 heterocycles. The molecule has 9 nitrogen and oxygen atoms in total. The van der Waals surface area contributed by atoms with Crippen molar-refractivity contribution in [3.05, 3.63) is 0 Å². The molecule has 3 saturated heterocycles. The SMILES string of the molecule is CC(C)CC(=O)N1CCOC(OC2CCC34CC35CCC3(C)[C@@H]6[C@H](OC([C@H](OC(=O)N7CCC7)C(C)C)C[C@H]6C)[C@H](O)[C@@]3(C)C5CC[C@H]4C2(C)C)C1. The number of fused-ring (bicyclic) bond motifs is 4. The van der Waals surface area contributed by atoms with Crippen LogP contribution in [0.5, 0.6) is 0 Å². The summed E-state index contributed by atoms with van der Waals surface area (Å²) >= 11 is 0. The number of aliphatic hydroxyl groups excluding tert-OH is 1. The summed E-state index contributed by atoms with van der Waals surface area (Å²) in [5.41, 5.74) is 0.307. The van der Waals surface area contributed by atoms with E-state index in [0.717, 1.165) is 45.2 Å². The molecule has 14 atom stereocenters. The molecule has 2 spiro atoms. The van der Waals surface area contributed by atoms with E-state index < -0.39 is 6.10 Å². The van der Waals surface area contributed by atoms with Crippen molar-refractivity contribution in [3.8, 4) is 0 Å². The molecule has 7 unspecified atom stereocenters. The van der Waals surface area contributed by atoms with E-state index in [1.54, 1.807) is 4.90 Å². The smallest absolute Gasteiger partial charge is 0.410 e. The minimum atomic E-state index is -0.541. The Balaban J connectivity index is 0.994. The lowest BCUT2D eigenvalue weighted by Crippen LogP contribution is -2.60. The van der Waals surface area contributed by atoms with E-state index in [-0.39, 0.29) is 76.2 Å². The molecule has 2 amide bonds. The van der Waals surface area contributed by atoms with Crippen molar-refractivity contribution in [2.24, 2.45) is 62.6 Å². The number of rotatable bonds is 7. The summed E-state index contributed by atoms with van der Waals surface area (Å²) < 4.78 is 26.2. The Bertz CT molecular complexity index is 1400. The Kier molecular flexibility index (Phi) is 9.24. The fraction of sp³-hybridized carbons (Fsp3) is 0.953. The van der Waals surface area contributed by atoms with Crippen LogP contribution in [0, 0.1) is 62.6 Å². The minimum absolute atomic E-state index is 0.00553. The monoisotopic (exact) mass is 727 g/mol. The lowest BCUT2D eigenvalue weighted by atomic mass is 9.41. The Morgan fingerprint density at radius 2 is 1.63 bits per heavy atom. The van der Waals surface area contributed by atoms with Gasteiger partial charge in [0.25, 0.3) is 0 Å². The highest BCUT2D eigenvalue weighted by molar-refractivity contribution is 5.76. The van der Waals surface area contributed by atoms with Crippen molar-refractivity contribution in [2.45, 2.75) is 163 Å². The highest BCUT2D eigenvalue weighted by atomic mass is 16.7. The minimum Gasteiger partial charge on any atom is -0.443 e. The summed E-state index contributed by atoms with van der Waals surface area (Å²) in [6, 6.07) is 0. The molecule has 5 aliphatic carbocycles. The fourth-order valence-electron chi connectivity index (χ4n) is 14.7. The number of carbonyl (C=O) groups is 2. The number of amides is 2. The molecule has 294 valence electrons. The molecule has 52 heavy (non-hydrogen) atoms. The standard InChI is InChI=1S/C43H70N2O7/c1-25(2)21-32(46)45-19-20-49-33(23-45)51-31-13-14-42-24-43(42)16-15-40(8)34-27(5)22-28(35(26(3)4)52-38(48)44-17-10-18-44)50-36(34)37(47)41(40,9)30(43)12-11-29(42)39(31,6)7/h25-31,33-37,47H,10-24H2,1-9H3/t27-,28?,29+,30?,31?,33?,34+,35-,36+,37+,40?,41-,42?,43?/m1/s1. The maximum absolute atomic E-state index is 13.0. The predicted molar refractivity (Wildman–Crippen MR) is 198 cm³/mol. The van der Waals surface area contributed by atoms with Gasteiger partial charge in [-0.2, -0.15) is 0 Å². The summed E-state index contributed by atoms with van der Waals surface area (Å²) in [7, 11) is 0. The Hall–Kier alpha value is -1.42. The van der Waals surface area contributed by atoms with Crippen LogP contribution in [0.25, 0.3) is 0 Å². The molecule has 8 aliphatic rings. The Morgan fingerprint density at radius 1 is 0.923 bits per heavy atom. The van der Waals surface area contributed by atoms with E-state index in [9.17, 15) is 14.7 Å². The third-order valence-electron chi connectivity index (χ3n) is 17.4. The van der Waals surface area contributed by atoms with Gasteiger partial charge in [0, 0.05) is 31.5 Å². The van der Waals surface area contributed by atoms with E-state index in [2.05, 4.69) is 62.3 Å². The Labute approximate surface area is 313 Å². The first-order valence-electron chi connectivity index (χ1n) is 21.3. The van der Waals surface area contributed by atoms with Crippen LogP contribution in [0.2, 0.25) is 0 Å². The summed E-state index contributed by atoms with van der Waals surface area (Å²) in [5.74, 6) is 2.38. The number of hydrogen-bond donors (Lipinski definition) is 1. The van der Waals surface area contributed by atoms with Gasteiger partial charge in [-0.25, -0.2) is 4.79 Å². The molecule has 5 saturated carbocycles. The summed E-state index contributed by atoms with van der Waals surface area (Å²) in [5, 5.41) is 12.7. The molecule has 0 bridgehead atoms. The van der Waals surface area contributed by atoms with E-state index in [4.69, 9.17) is 18.9 Å². The second kappa shape index (κ2) is 12.8. The highest BCUT2D eigenvalue weighted by Gasteiger charge is 2.84. The van der Waals surface area contributed by atoms with Gasteiger partial charge in [0.1, 0.15) is 6.10 Å². The van der Waals surface area contributed by atoms with Crippen molar-refractivity contribution < 1.29 is 33.6 Å². The van der Waals surface area contributed by atoms with Crippen molar-refractivity contribution in [1.82, 2.24) is 9.80 Å². The zero-order chi connectivity index (χ0) is 37.2. The second-order valence-corrected chi connectivity index (χ2v) is 20.9. The van der Waals surface area contributed by atoms with Crippen LogP contribution in [0.15, 0.2) is 0 Å². The largest absolute Gasteiger partial charge is 0.443 e. The summed E-state index contributed by atoms with van der Waals surface area (Å²) in [6.45, 7) is 23.9. The van der Waals surface area contributed by atoms with Crippen LogP contribution < -0.4 is 0 Å². The fourth-order valence-corrected chi connectivity index (χ4v) is 14.7. The molecule has 3 aliphatic heterocycles. The van der Waals surface area contributed by atoms with Crippen LogP contribution >= 0.6 is 0 Å². The van der Waals surface area contributed by atoms with Gasteiger partial charge >= 0.3 is 6.09 Å². The normalized spacial score (nSPS) is 48.1. The molecule has 1 N–H and O–H groups in total. The molecular formula is C43H70N2O7. The number of nitrogens with zero attached hydrogens (tertiary/aromatic N) is 2. The predicted octanol–water partition coefficient (Wildman–Crippen LogP) is 7.28. The average molecular weight is 727 g/mol. The number of likely N-dealkylation sites (tertiary alicyclic amines) is 1. The van der Waals surface area contributed by atoms with Crippen LogP contribution in [-0.4, -0.2) is 96.5 Å². The van der Waals surface area contributed by atoms with Crippen molar-refractivity contribution in [3.63, 3.8) is 0 Å². The van der Waals surface area contributed by atoms with E-state index in [1.807, 2.05) is 4.90 Å². The maximum atomic E-state index is 13.0. The number of carbonyl (C=O) groups excluding carboxylic acids is 2. The van der Waals surface area contributed by atoms with E-state index in [0.29, 0.717) is 55.2 Å². The molecule has 8 fully saturated rings. The first-order chi connectivity index (χ1) is 24.5. The van der Waals surface area contributed by atoms with Crippen LogP contribution in [0.3, 0.4) is 0 Å². The van der Waals surface area contributed by atoms with Gasteiger partial charge in [-0.1, -0.05) is 62.3 Å². The van der Waals surface area contributed by atoms with Crippen LogP contribution in [0.4, 0.5) is 4.79 Å². The molecular weight excluding hydrogens is 656 g/mol. The van der Waals surface area contributed by atoms with Gasteiger partial charge in [-0.3, -0.25) is 4.79 Å². The van der Waals surface area contributed by atoms with Gasteiger partial charge in [0.15, 0.2) is 6.29 Å². The Morgan fingerprint density at radius 3 is 2.31 bits per heavy atom. The van der Waals surface area contributed by atoms with Gasteiger partial charge in [-0.05, 0) is 115 Å². The van der Waals surface area contributed by atoms with Crippen LogP contribution in [0.1, 0.15) is 127 Å². The maximum Gasteiger partial charge on any atom is 0.410 e. The number of morpholine rings is 1. The third kappa shape index (κ3) is 5.26. The molecule has 0 aromatic rings. The third-order valence-corrected chi connectivity index (χ3v) is 17.4. The number of hydrogen-bond acceptors (Lipinski definition) is 7. The van der Waals surface area contributed by atoms with E-state index >= 15 is 0 Å². The number of ether oxygens (including phenoxy) is 4. The summed E-state index contributed by atoms with van der Waals surface area (Å²) in [6.07, 6.45) is 8.86. The lowest BCUT2D eigenvalue weighted by molar-refractivity contribution is -0.248. The van der Waals surface area contributed by atoms with Gasteiger partial charge in [0.2, 0.25) is 5.91 Å². The molecule has 9 heteroatoms. The van der Waals surface area contributed by atoms with Crippen LogP contribution in [-0.2, 0) is 23.7 Å². The van der Waals surface area contributed by atoms with Gasteiger partial charge < -0.3 is 33.9 Å². The quantitative estimate of drug-likeness (QED) is 0.295. The topological polar surface area (TPSA) is 97.8 Å². The zero-order valence-electron chi connectivity index (χ0n) is 33.8. The molecule has 0 radical (unpaired) electrons. The van der Waals surface area contributed by atoms with E-state index in [1.165, 1.54) is 25.7 Å². The molecule has 0 aromatic heterocycles. The first kappa shape index (κ1) is 37.5. The van der Waals surface area contributed by atoms with Crippen molar-refractivity contribution >= 4 is 12.0 Å². The molecule has 8 rings (SSSR count). The van der Waals surface area contributed by atoms with Crippen molar-refractivity contribution in [2.75, 3.05) is 32.8 Å².